The second kappa shape index (κ2) is 16.5. The Labute approximate surface area is 200 Å². The Bertz CT molecular complexity index is 809. The van der Waals surface area contributed by atoms with E-state index in [0.29, 0.717) is 0 Å². The molecule has 0 aliphatic carbocycles. The molecule has 0 spiro atoms. The molecule has 0 heterocycles. The fourth-order valence-corrected chi connectivity index (χ4v) is 2.72. The number of nitrogens with one attached hydrogen (secondary N) is 3. The number of hydrogen-bond acceptors (Lipinski definition) is 8. The number of aliphatic carboxylic acids is 2. The number of amides is 3. The second-order valence-corrected chi connectivity index (χ2v) is 7.28. The van der Waals surface area contributed by atoms with Gasteiger partial charge in [0, 0.05) is 13.1 Å². The monoisotopic (exact) mass is 502 g/mol. The first-order valence-corrected chi connectivity index (χ1v) is 10.5. The van der Waals surface area contributed by atoms with E-state index in [1.807, 2.05) is 0 Å². The minimum atomic E-state index is -1.63. The summed E-state index contributed by atoms with van der Waals surface area (Å²) in [6.45, 7) is -0.166. The standard InChI is InChI=1S/C18H34N10O7/c19-8-12(29)26-9(3-1-5-24-17(20)21)14(32)28-11(7-13(30)31)15(33)27-10(16(34)35)4-2-6-25-18(22)23/h9-11H,1-8,19H2,(H,26,29)(H,27,33)(H,28,32)(H,30,31)(H,34,35)(H4,20,21,24)(H4,22,23,25). The lowest BCUT2D eigenvalue weighted by molar-refractivity contribution is -0.143. The first kappa shape index (κ1) is 30.8. The Morgan fingerprint density at radius 3 is 1.60 bits per heavy atom. The normalized spacial score (nSPS) is 12.8. The van der Waals surface area contributed by atoms with Crippen LogP contribution in [0.15, 0.2) is 9.98 Å². The van der Waals surface area contributed by atoms with Gasteiger partial charge in [-0.3, -0.25) is 29.2 Å². The molecule has 198 valence electrons. The van der Waals surface area contributed by atoms with Crippen LogP contribution in [0.2, 0.25) is 0 Å². The number of carbonyl (C=O) groups excluding carboxylic acids is 3. The van der Waals surface area contributed by atoms with E-state index in [0.717, 1.165) is 0 Å². The zero-order valence-corrected chi connectivity index (χ0v) is 19.1. The Morgan fingerprint density at radius 2 is 1.17 bits per heavy atom. The minimum absolute atomic E-state index is 0.0400. The molecule has 0 aromatic carbocycles. The number of nitrogens with zero attached hydrogens (tertiary/aromatic N) is 2. The van der Waals surface area contributed by atoms with Crippen molar-refractivity contribution in [3.63, 3.8) is 0 Å². The van der Waals surface area contributed by atoms with Crippen LogP contribution in [0.4, 0.5) is 0 Å². The molecule has 17 nitrogen and oxygen atoms in total. The molecule has 0 radical (unpaired) electrons. The van der Waals surface area contributed by atoms with Crippen molar-refractivity contribution in [2.24, 2.45) is 38.7 Å². The fourth-order valence-electron chi connectivity index (χ4n) is 2.72. The van der Waals surface area contributed by atoms with Crippen LogP contribution in [0, 0.1) is 0 Å². The Hall–Kier alpha value is -4.15. The molecule has 0 aliphatic heterocycles. The summed E-state index contributed by atoms with van der Waals surface area (Å²) in [6.07, 6.45) is -0.408. The molecular weight excluding hydrogens is 468 g/mol. The third-order valence-electron chi connectivity index (χ3n) is 4.35. The highest BCUT2D eigenvalue weighted by atomic mass is 16.4. The van der Waals surface area contributed by atoms with E-state index in [2.05, 4.69) is 25.9 Å². The highest BCUT2D eigenvalue weighted by Gasteiger charge is 2.30. The summed E-state index contributed by atoms with van der Waals surface area (Å²) < 4.78 is 0. The Morgan fingerprint density at radius 1 is 0.714 bits per heavy atom. The third-order valence-corrected chi connectivity index (χ3v) is 4.35. The number of carbonyl (C=O) groups is 5. The molecule has 3 amide bonds. The van der Waals surface area contributed by atoms with E-state index in [4.69, 9.17) is 33.8 Å². The summed E-state index contributed by atoms with van der Waals surface area (Å²) in [6, 6.07) is -4.20. The van der Waals surface area contributed by atoms with Crippen molar-refractivity contribution in [3.05, 3.63) is 0 Å². The second-order valence-electron chi connectivity index (χ2n) is 7.28. The van der Waals surface area contributed by atoms with Gasteiger partial charge in [0.25, 0.3) is 0 Å². The van der Waals surface area contributed by atoms with E-state index in [-0.39, 0.29) is 50.7 Å². The van der Waals surface area contributed by atoms with Crippen LogP contribution < -0.4 is 44.6 Å². The van der Waals surface area contributed by atoms with Crippen LogP contribution in [0.1, 0.15) is 32.1 Å². The number of nitrogens with two attached hydrogens (primary N) is 5. The first-order valence-electron chi connectivity index (χ1n) is 10.5. The Kier molecular flexibility index (Phi) is 14.5. The Balaban J connectivity index is 5.38. The van der Waals surface area contributed by atoms with Gasteiger partial charge in [-0.25, -0.2) is 4.79 Å². The van der Waals surface area contributed by atoms with E-state index in [1.165, 1.54) is 0 Å². The quantitative estimate of drug-likeness (QED) is 0.0508. The highest BCUT2D eigenvalue weighted by molar-refractivity contribution is 5.95. The van der Waals surface area contributed by atoms with Gasteiger partial charge >= 0.3 is 11.9 Å². The zero-order valence-electron chi connectivity index (χ0n) is 19.1. The average molecular weight is 503 g/mol. The van der Waals surface area contributed by atoms with Crippen LogP contribution in [-0.4, -0.2) is 89.6 Å². The van der Waals surface area contributed by atoms with Gasteiger partial charge in [-0.2, -0.15) is 0 Å². The molecular formula is C18H34N10O7. The van der Waals surface area contributed by atoms with Crippen LogP contribution in [-0.2, 0) is 24.0 Å². The van der Waals surface area contributed by atoms with Crippen molar-refractivity contribution in [3.8, 4) is 0 Å². The predicted octanol–water partition coefficient (Wildman–Crippen LogP) is -4.93. The van der Waals surface area contributed by atoms with Crippen molar-refractivity contribution in [2.45, 2.75) is 50.2 Å². The lowest BCUT2D eigenvalue weighted by Gasteiger charge is -2.23. The molecule has 15 N–H and O–H groups in total. The van der Waals surface area contributed by atoms with Gasteiger partial charge in [-0.1, -0.05) is 0 Å². The van der Waals surface area contributed by atoms with Crippen molar-refractivity contribution in [1.82, 2.24) is 16.0 Å². The summed E-state index contributed by atoms with van der Waals surface area (Å²) in [5.74, 6) is -5.74. The lowest BCUT2D eigenvalue weighted by Crippen LogP contribution is -2.56. The first-order chi connectivity index (χ1) is 16.4. The molecule has 3 atom stereocenters. The summed E-state index contributed by atoms with van der Waals surface area (Å²) in [7, 11) is 0. The molecule has 0 aliphatic rings. The largest absolute Gasteiger partial charge is 0.481 e. The lowest BCUT2D eigenvalue weighted by atomic mass is 10.1. The van der Waals surface area contributed by atoms with Crippen LogP contribution in [0.5, 0.6) is 0 Å². The molecule has 0 fully saturated rings. The number of carboxylic acids is 2. The summed E-state index contributed by atoms with van der Waals surface area (Å²) in [4.78, 5) is 67.3. The van der Waals surface area contributed by atoms with Crippen molar-refractivity contribution in [1.29, 1.82) is 0 Å². The van der Waals surface area contributed by atoms with Crippen LogP contribution >= 0.6 is 0 Å². The van der Waals surface area contributed by atoms with Gasteiger partial charge in [-0.15, -0.1) is 0 Å². The van der Waals surface area contributed by atoms with E-state index < -0.39 is 60.8 Å². The maximum Gasteiger partial charge on any atom is 0.326 e. The molecule has 0 aromatic heterocycles. The number of aliphatic imine (C=N–C) groups is 2. The molecule has 17 heteroatoms. The van der Waals surface area contributed by atoms with Crippen LogP contribution in [0.3, 0.4) is 0 Å². The van der Waals surface area contributed by atoms with Crippen molar-refractivity contribution >= 4 is 41.6 Å². The van der Waals surface area contributed by atoms with Gasteiger partial charge < -0.3 is 54.8 Å². The summed E-state index contributed by atoms with van der Waals surface area (Å²) >= 11 is 0. The molecule has 0 saturated carbocycles. The number of guanidine groups is 2. The average Bonchev–Trinajstić information content (AvgIpc) is 2.76. The van der Waals surface area contributed by atoms with Gasteiger partial charge in [-0.05, 0) is 25.7 Å². The topological polar surface area (TPSA) is 317 Å². The van der Waals surface area contributed by atoms with E-state index in [1.54, 1.807) is 0 Å². The summed E-state index contributed by atoms with van der Waals surface area (Å²) in [5, 5.41) is 25.3. The number of carboxylic acid groups (broad SMARTS) is 2. The molecule has 35 heavy (non-hydrogen) atoms. The summed E-state index contributed by atoms with van der Waals surface area (Å²) in [5.41, 5.74) is 26.1. The van der Waals surface area contributed by atoms with Gasteiger partial charge in [0.2, 0.25) is 17.7 Å². The van der Waals surface area contributed by atoms with Crippen LogP contribution in [0.25, 0.3) is 0 Å². The molecule has 0 aromatic rings. The number of rotatable bonds is 17. The van der Waals surface area contributed by atoms with Gasteiger partial charge in [0.1, 0.15) is 18.1 Å². The molecule has 0 bridgehead atoms. The SMILES string of the molecule is NCC(=O)NC(CCCN=C(N)N)C(=O)NC(CC(=O)O)C(=O)NC(CCCN=C(N)N)C(=O)O. The number of hydrogen-bond donors (Lipinski definition) is 10. The van der Waals surface area contributed by atoms with E-state index in [9.17, 15) is 29.1 Å². The molecule has 3 unspecified atom stereocenters. The van der Waals surface area contributed by atoms with Crippen molar-refractivity contribution < 1.29 is 34.2 Å². The van der Waals surface area contributed by atoms with Crippen molar-refractivity contribution in [2.75, 3.05) is 19.6 Å². The smallest absolute Gasteiger partial charge is 0.326 e. The van der Waals surface area contributed by atoms with Gasteiger partial charge in [0.15, 0.2) is 11.9 Å². The highest BCUT2D eigenvalue weighted by Crippen LogP contribution is 2.04. The third kappa shape index (κ3) is 14.6. The molecule has 0 rings (SSSR count). The maximum atomic E-state index is 12.7. The maximum absolute atomic E-state index is 12.7. The fraction of sp³-hybridized carbons (Fsp3) is 0.611. The molecule has 0 saturated heterocycles. The minimum Gasteiger partial charge on any atom is -0.481 e. The predicted molar refractivity (Wildman–Crippen MR) is 125 cm³/mol. The zero-order chi connectivity index (χ0) is 27.0. The van der Waals surface area contributed by atoms with Gasteiger partial charge in [0.05, 0.1) is 13.0 Å². The van der Waals surface area contributed by atoms with E-state index >= 15 is 0 Å².